The zero-order chi connectivity index (χ0) is 17.2. The van der Waals surface area contributed by atoms with Gasteiger partial charge in [-0.2, -0.15) is 4.98 Å². The molecule has 0 aliphatic heterocycles. The lowest BCUT2D eigenvalue weighted by Gasteiger charge is -2.14. The minimum atomic E-state index is 0. The second-order valence-electron chi connectivity index (χ2n) is 5.05. The average Bonchev–Trinajstić information content (AvgIpc) is 3.02. The van der Waals surface area contributed by atoms with Crippen molar-refractivity contribution in [3.05, 3.63) is 54.2 Å². The molecule has 0 saturated carbocycles. The van der Waals surface area contributed by atoms with E-state index in [-0.39, 0.29) is 24.0 Å². The lowest BCUT2D eigenvalue weighted by Crippen LogP contribution is -2.38. The fraction of sp³-hybridized carbons (Fsp3) is 0.353. The predicted octanol–water partition coefficient (Wildman–Crippen LogP) is 2.47. The molecule has 0 aliphatic carbocycles. The molecule has 2 N–H and O–H groups in total. The Kier molecular flexibility index (Phi) is 9.60. The topological polar surface area (TPSA) is 84.6 Å². The van der Waals surface area contributed by atoms with E-state index in [0.717, 1.165) is 11.3 Å². The molecule has 2 aromatic rings. The molecule has 0 spiro atoms. The summed E-state index contributed by atoms with van der Waals surface area (Å²) in [5, 5.41) is 10.2. The third kappa shape index (κ3) is 7.12. The van der Waals surface area contributed by atoms with Gasteiger partial charge in [0.05, 0.1) is 0 Å². The van der Waals surface area contributed by atoms with Crippen LogP contribution in [0.25, 0.3) is 0 Å². The summed E-state index contributed by atoms with van der Waals surface area (Å²) >= 11 is 0. The Morgan fingerprint density at radius 3 is 2.84 bits per heavy atom. The minimum Gasteiger partial charge on any atom is -0.489 e. The van der Waals surface area contributed by atoms with Crippen molar-refractivity contribution < 1.29 is 9.26 Å². The first-order valence-electron chi connectivity index (χ1n) is 7.78. The third-order valence-electron chi connectivity index (χ3n) is 3.20. The normalized spacial score (nSPS) is 10.7. The van der Waals surface area contributed by atoms with E-state index in [9.17, 15) is 0 Å². The Morgan fingerprint density at radius 1 is 1.36 bits per heavy atom. The van der Waals surface area contributed by atoms with Crippen molar-refractivity contribution in [2.24, 2.45) is 4.99 Å². The van der Waals surface area contributed by atoms with Gasteiger partial charge in [0, 0.05) is 32.1 Å². The second kappa shape index (κ2) is 11.5. The van der Waals surface area contributed by atoms with Crippen LogP contribution in [0.3, 0.4) is 0 Å². The van der Waals surface area contributed by atoms with Gasteiger partial charge in [0.25, 0.3) is 0 Å². The molecule has 0 amide bonds. The van der Waals surface area contributed by atoms with Crippen molar-refractivity contribution in [2.75, 3.05) is 20.2 Å². The van der Waals surface area contributed by atoms with Crippen LogP contribution < -0.4 is 15.4 Å². The first-order chi connectivity index (χ1) is 11.7. The van der Waals surface area contributed by atoms with Crippen molar-refractivity contribution in [1.82, 2.24) is 20.8 Å². The maximum Gasteiger partial charge on any atom is 0.228 e. The SMILES string of the molecule is C=CCOc1ccccc1CNC(=NC)NCCc1nc(C)no1.I. The number of hydrogen-bond donors (Lipinski definition) is 2. The second-order valence-corrected chi connectivity index (χ2v) is 5.05. The van der Waals surface area contributed by atoms with Crippen LogP contribution in [0.1, 0.15) is 17.3 Å². The molecule has 1 aromatic heterocycles. The summed E-state index contributed by atoms with van der Waals surface area (Å²) < 4.78 is 10.7. The van der Waals surface area contributed by atoms with Crippen LogP contribution in [0, 0.1) is 6.92 Å². The van der Waals surface area contributed by atoms with Crippen LogP contribution in [0.15, 0.2) is 46.4 Å². The van der Waals surface area contributed by atoms with Crippen molar-refractivity contribution in [3.63, 3.8) is 0 Å². The maximum absolute atomic E-state index is 5.65. The van der Waals surface area contributed by atoms with Gasteiger partial charge in [-0.3, -0.25) is 4.99 Å². The molecule has 0 radical (unpaired) electrons. The summed E-state index contributed by atoms with van der Waals surface area (Å²) in [7, 11) is 1.73. The highest BCUT2D eigenvalue weighted by Crippen LogP contribution is 2.17. The van der Waals surface area contributed by atoms with Gasteiger partial charge in [0.1, 0.15) is 12.4 Å². The summed E-state index contributed by atoms with van der Waals surface area (Å²) in [5.74, 6) is 2.79. The first kappa shape index (κ1) is 20.9. The number of nitrogens with zero attached hydrogens (tertiary/aromatic N) is 3. The lowest BCUT2D eigenvalue weighted by atomic mass is 10.2. The van der Waals surface area contributed by atoms with Crippen molar-refractivity contribution in [1.29, 1.82) is 0 Å². The number of halogens is 1. The zero-order valence-electron chi connectivity index (χ0n) is 14.5. The Hall–Kier alpha value is -2.10. The third-order valence-corrected chi connectivity index (χ3v) is 3.20. The Balaban J connectivity index is 0.00000312. The van der Waals surface area contributed by atoms with Crippen LogP contribution >= 0.6 is 24.0 Å². The van der Waals surface area contributed by atoms with Crippen molar-refractivity contribution in [3.8, 4) is 5.75 Å². The van der Waals surface area contributed by atoms with Crippen LogP contribution in [0.4, 0.5) is 0 Å². The van der Waals surface area contributed by atoms with E-state index in [1.165, 1.54) is 0 Å². The lowest BCUT2D eigenvalue weighted by molar-refractivity contribution is 0.358. The highest BCUT2D eigenvalue weighted by molar-refractivity contribution is 14.0. The van der Waals surface area contributed by atoms with Crippen LogP contribution in [0.2, 0.25) is 0 Å². The summed E-state index contributed by atoms with van der Waals surface area (Å²) in [5.41, 5.74) is 1.05. The number of aliphatic imine (C=N–C) groups is 1. The molecule has 8 heteroatoms. The quantitative estimate of drug-likeness (QED) is 0.274. The molecule has 0 atom stereocenters. The van der Waals surface area contributed by atoms with Gasteiger partial charge in [-0.15, -0.1) is 24.0 Å². The van der Waals surface area contributed by atoms with Crippen LogP contribution in [-0.2, 0) is 13.0 Å². The Morgan fingerprint density at radius 2 is 2.16 bits per heavy atom. The van der Waals surface area contributed by atoms with Crippen molar-refractivity contribution >= 4 is 29.9 Å². The smallest absolute Gasteiger partial charge is 0.228 e. The standard InChI is InChI=1S/C17H23N5O2.HI/c1-4-11-23-15-8-6-5-7-14(15)12-20-17(18-3)19-10-9-16-21-13(2)22-24-16;/h4-8H,1,9-12H2,2-3H3,(H2,18,19,20);1H. The van der Waals surface area contributed by atoms with Crippen molar-refractivity contribution in [2.45, 2.75) is 19.9 Å². The molecule has 1 heterocycles. The molecule has 7 nitrogen and oxygen atoms in total. The van der Waals surface area contributed by atoms with Gasteiger partial charge >= 0.3 is 0 Å². The molecule has 136 valence electrons. The molecule has 0 bridgehead atoms. The van der Waals surface area contributed by atoms with Crippen LogP contribution in [0.5, 0.6) is 5.75 Å². The number of benzene rings is 1. The number of aryl methyl sites for hydroxylation is 1. The first-order valence-corrected chi connectivity index (χ1v) is 7.78. The number of nitrogens with one attached hydrogen (secondary N) is 2. The average molecular weight is 457 g/mol. The molecule has 0 unspecified atom stereocenters. The van der Waals surface area contributed by atoms with Gasteiger partial charge < -0.3 is 19.9 Å². The molecule has 0 aliphatic rings. The van der Waals surface area contributed by atoms with E-state index in [0.29, 0.717) is 43.8 Å². The van der Waals surface area contributed by atoms with E-state index in [1.807, 2.05) is 24.3 Å². The Labute approximate surface area is 165 Å². The molecule has 0 saturated heterocycles. The summed E-state index contributed by atoms with van der Waals surface area (Å²) in [4.78, 5) is 8.37. The number of hydrogen-bond acceptors (Lipinski definition) is 5. The summed E-state index contributed by atoms with van der Waals surface area (Å²) in [6.07, 6.45) is 2.37. The number of rotatable bonds is 8. The van der Waals surface area contributed by atoms with Gasteiger partial charge in [-0.05, 0) is 13.0 Å². The van der Waals surface area contributed by atoms with E-state index in [4.69, 9.17) is 9.26 Å². The fourth-order valence-corrected chi connectivity index (χ4v) is 2.07. The molecule has 1 aromatic carbocycles. The van der Waals surface area contributed by atoms with E-state index in [1.54, 1.807) is 20.0 Å². The monoisotopic (exact) mass is 457 g/mol. The number of ether oxygens (including phenoxy) is 1. The molecular weight excluding hydrogens is 433 g/mol. The summed E-state index contributed by atoms with van der Waals surface area (Å²) in [6, 6.07) is 7.88. The van der Waals surface area contributed by atoms with E-state index < -0.39 is 0 Å². The predicted molar refractivity (Wildman–Crippen MR) is 108 cm³/mol. The van der Waals surface area contributed by atoms with E-state index in [2.05, 4.69) is 32.3 Å². The molecule has 0 fully saturated rings. The fourth-order valence-electron chi connectivity index (χ4n) is 2.07. The highest BCUT2D eigenvalue weighted by Gasteiger charge is 2.05. The maximum atomic E-state index is 5.65. The number of para-hydroxylation sites is 1. The van der Waals surface area contributed by atoms with Gasteiger partial charge in [-0.25, -0.2) is 0 Å². The minimum absolute atomic E-state index is 0. The van der Waals surface area contributed by atoms with Gasteiger partial charge in [0.2, 0.25) is 5.89 Å². The largest absolute Gasteiger partial charge is 0.489 e. The van der Waals surface area contributed by atoms with E-state index >= 15 is 0 Å². The van der Waals surface area contributed by atoms with Crippen LogP contribution in [-0.4, -0.2) is 36.3 Å². The molecule has 2 rings (SSSR count). The highest BCUT2D eigenvalue weighted by atomic mass is 127. The van der Waals surface area contributed by atoms with Gasteiger partial charge in [0.15, 0.2) is 11.8 Å². The molecular formula is C17H24IN5O2. The summed E-state index contributed by atoms with van der Waals surface area (Å²) in [6.45, 7) is 7.20. The number of aromatic nitrogens is 2. The Bertz CT molecular complexity index is 687. The zero-order valence-corrected chi connectivity index (χ0v) is 16.8. The van der Waals surface area contributed by atoms with Gasteiger partial charge in [-0.1, -0.05) is 36.0 Å². The number of guanidine groups is 1. The molecule has 25 heavy (non-hydrogen) atoms.